The highest BCUT2D eigenvalue weighted by Gasteiger charge is 2.35. The summed E-state index contributed by atoms with van der Waals surface area (Å²) in [5.41, 5.74) is 5.39. The van der Waals surface area contributed by atoms with Gasteiger partial charge in [0, 0.05) is 13.0 Å². The Morgan fingerprint density at radius 2 is 1.88 bits per heavy atom. The largest absolute Gasteiger partial charge is 0.481 e. The van der Waals surface area contributed by atoms with Gasteiger partial charge in [-0.15, -0.1) is 0 Å². The van der Waals surface area contributed by atoms with Crippen LogP contribution >= 0.6 is 0 Å². The van der Waals surface area contributed by atoms with Crippen molar-refractivity contribution in [1.82, 2.24) is 15.5 Å². The highest BCUT2D eigenvalue weighted by atomic mass is 16.4. The molecule has 0 bridgehead atoms. The number of nitrogens with zero attached hydrogens (tertiary/aromatic N) is 1. The van der Waals surface area contributed by atoms with Crippen LogP contribution in [0.4, 0.5) is 0 Å². The monoisotopic (exact) mass is 372 g/mol. The van der Waals surface area contributed by atoms with E-state index in [0.717, 1.165) is 0 Å². The van der Waals surface area contributed by atoms with E-state index < -0.39 is 54.2 Å². The molecule has 1 rings (SSSR count). The number of amides is 3. The maximum atomic E-state index is 12.3. The Morgan fingerprint density at radius 1 is 1.23 bits per heavy atom. The van der Waals surface area contributed by atoms with Crippen molar-refractivity contribution >= 4 is 29.7 Å². The van der Waals surface area contributed by atoms with E-state index in [2.05, 4.69) is 10.6 Å². The van der Waals surface area contributed by atoms with Crippen LogP contribution in [-0.4, -0.2) is 76.0 Å². The van der Waals surface area contributed by atoms with Crippen molar-refractivity contribution in [3.05, 3.63) is 0 Å². The zero-order valence-corrected chi connectivity index (χ0v) is 14.4. The number of nitrogens with two attached hydrogens (primary N) is 1. The van der Waals surface area contributed by atoms with Gasteiger partial charge in [0.1, 0.15) is 12.1 Å². The van der Waals surface area contributed by atoms with Crippen molar-refractivity contribution in [2.45, 2.75) is 50.7 Å². The first-order valence-corrected chi connectivity index (χ1v) is 8.21. The summed E-state index contributed by atoms with van der Waals surface area (Å²) in [5.74, 6) is -4.16. The first kappa shape index (κ1) is 21.4. The summed E-state index contributed by atoms with van der Waals surface area (Å²) in [6.07, 6.45) is 0.234. The Kier molecular flexibility index (Phi) is 7.97. The minimum absolute atomic E-state index is 0.262. The molecule has 11 nitrogen and oxygen atoms in total. The Labute approximate surface area is 149 Å². The third-order valence-electron chi connectivity index (χ3n) is 3.96. The van der Waals surface area contributed by atoms with Gasteiger partial charge in [0.25, 0.3) is 0 Å². The molecule has 0 aliphatic carbocycles. The molecule has 1 aliphatic heterocycles. The average molecular weight is 372 g/mol. The van der Waals surface area contributed by atoms with Crippen LogP contribution in [0.1, 0.15) is 32.6 Å². The van der Waals surface area contributed by atoms with Gasteiger partial charge in [0.05, 0.1) is 12.6 Å². The van der Waals surface area contributed by atoms with E-state index in [0.29, 0.717) is 19.4 Å². The molecular weight excluding hydrogens is 348 g/mol. The molecule has 3 atom stereocenters. The number of hydrogen-bond acceptors (Lipinski definition) is 6. The molecule has 0 aromatic carbocycles. The number of carboxylic acid groups (broad SMARTS) is 2. The number of hydrogen-bond donors (Lipinski definition) is 5. The first-order chi connectivity index (χ1) is 12.1. The average Bonchev–Trinajstić information content (AvgIpc) is 3.05. The molecule has 11 heteroatoms. The molecule has 1 aliphatic rings. The Morgan fingerprint density at radius 3 is 2.42 bits per heavy atom. The van der Waals surface area contributed by atoms with Crippen LogP contribution in [0, 0.1) is 0 Å². The molecule has 3 unspecified atom stereocenters. The fourth-order valence-electron chi connectivity index (χ4n) is 2.56. The molecule has 146 valence electrons. The van der Waals surface area contributed by atoms with Crippen molar-refractivity contribution in [2.75, 3.05) is 13.1 Å². The van der Waals surface area contributed by atoms with Crippen molar-refractivity contribution in [3.8, 4) is 0 Å². The van der Waals surface area contributed by atoms with E-state index in [1.54, 1.807) is 0 Å². The molecule has 6 N–H and O–H groups in total. The van der Waals surface area contributed by atoms with E-state index in [1.165, 1.54) is 11.8 Å². The molecule has 3 amide bonds. The highest BCUT2D eigenvalue weighted by molar-refractivity contribution is 5.93. The van der Waals surface area contributed by atoms with Crippen LogP contribution in [0.2, 0.25) is 0 Å². The normalized spacial score (nSPS) is 18.7. The lowest BCUT2D eigenvalue weighted by atomic mass is 10.1. The van der Waals surface area contributed by atoms with Gasteiger partial charge in [-0.2, -0.15) is 0 Å². The number of rotatable bonds is 9. The summed E-state index contributed by atoms with van der Waals surface area (Å²) in [4.78, 5) is 59.0. The lowest BCUT2D eigenvalue weighted by Gasteiger charge is -2.25. The predicted molar refractivity (Wildman–Crippen MR) is 87.8 cm³/mol. The van der Waals surface area contributed by atoms with E-state index in [4.69, 9.17) is 15.9 Å². The maximum Gasteiger partial charge on any atom is 0.326 e. The second kappa shape index (κ2) is 9.70. The summed E-state index contributed by atoms with van der Waals surface area (Å²) in [5, 5.41) is 22.4. The molecule has 0 spiro atoms. The topological polar surface area (TPSA) is 179 Å². The van der Waals surface area contributed by atoms with Crippen LogP contribution in [0.5, 0.6) is 0 Å². The molecule has 26 heavy (non-hydrogen) atoms. The van der Waals surface area contributed by atoms with Crippen molar-refractivity contribution in [1.29, 1.82) is 0 Å². The minimum atomic E-state index is -1.35. The molecule has 1 fully saturated rings. The van der Waals surface area contributed by atoms with Crippen molar-refractivity contribution < 1.29 is 34.2 Å². The third-order valence-corrected chi connectivity index (χ3v) is 3.96. The first-order valence-electron chi connectivity index (χ1n) is 8.21. The molecular formula is C15H24N4O7. The highest BCUT2D eigenvalue weighted by Crippen LogP contribution is 2.18. The predicted octanol–water partition coefficient (Wildman–Crippen LogP) is -2.12. The second-order valence-corrected chi connectivity index (χ2v) is 6.08. The van der Waals surface area contributed by atoms with Crippen LogP contribution in [0.25, 0.3) is 0 Å². The second-order valence-electron chi connectivity index (χ2n) is 6.08. The zero-order valence-electron chi connectivity index (χ0n) is 14.4. The SMILES string of the molecule is CC(N)C(=O)NCC(=O)N1CCCC1C(=O)NC(CCC(=O)O)C(=O)O. The molecule has 0 radical (unpaired) electrons. The minimum Gasteiger partial charge on any atom is -0.481 e. The lowest BCUT2D eigenvalue weighted by Crippen LogP contribution is -2.53. The summed E-state index contributed by atoms with van der Waals surface area (Å²) in [6.45, 7) is 1.46. The quantitative estimate of drug-likeness (QED) is 0.304. The molecule has 0 saturated carbocycles. The van der Waals surface area contributed by atoms with Gasteiger partial charge >= 0.3 is 11.9 Å². The van der Waals surface area contributed by atoms with Gasteiger partial charge in [0.2, 0.25) is 17.7 Å². The van der Waals surface area contributed by atoms with Gasteiger partial charge in [-0.3, -0.25) is 19.2 Å². The number of nitrogens with one attached hydrogen (secondary N) is 2. The van der Waals surface area contributed by atoms with Gasteiger partial charge in [-0.25, -0.2) is 4.79 Å². The zero-order chi connectivity index (χ0) is 19.9. The Balaban J connectivity index is 2.65. The van der Waals surface area contributed by atoms with Gasteiger partial charge in [-0.05, 0) is 26.2 Å². The van der Waals surface area contributed by atoms with Crippen LogP contribution in [0.15, 0.2) is 0 Å². The smallest absolute Gasteiger partial charge is 0.326 e. The fourth-order valence-corrected chi connectivity index (χ4v) is 2.56. The van der Waals surface area contributed by atoms with Gasteiger partial charge in [-0.1, -0.05) is 0 Å². The van der Waals surface area contributed by atoms with E-state index in [9.17, 15) is 24.0 Å². The molecule has 1 heterocycles. The van der Waals surface area contributed by atoms with Crippen LogP contribution < -0.4 is 16.4 Å². The van der Waals surface area contributed by atoms with Crippen molar-refractivity contribution in [3.63, 3.8) is 0 Å². The van der Waals surface area contributed by atoms with E-state index in [1.807, 2.05) is 0 Å². The summed E-state index contributed by atoms with van der Waals surface area (Å²) in [7, 11) is 0. The fraction of sp³-hybridized carbons (Fsp3) is 0.667. The van der Waals surface area contributed by atoms with E-state index in [-0.39, 0.29) is 13.0 Å². The van der Waals surface area contributed by atoms with Crippen LogP contribution in [-0.2, 0) is 24.0 Å². The van der Waals surface area contributed by atoms with Crippen molar-refractivity contribution in [2.24, 2.45) is 5.73 Å². The number of carboxylic acids is 2. The molecule has 0 aromatic heterocycles. The number of carbonyl (C=O) groups excluding carboxylic acids is 3. The summed E-state index contributed by atoms with van der Waals surface area (Å²) in [6, 6.07) is -2.98. The maximum absolute atomic E-state index is 12.3. The Bertz CT molecular complexity index is 578. The van der Waals surface area contributed by atoms with Crippen LogP contribution in [0.3, 0.4) is 0 Å². The lowest BCUT2D eigenvalue weighted by molar-refractivity contribution is -0.144. The third kappa shape index (κ3) is 6.31. The molecule has 0 aromatic rings. The number of likely N-dealkylation sites (tertiary alicyclic amines) is 1. The number of carbonyl (C=O) groups is 5. The van der Waals surface area contributed by atoms with Gasteiger partial charge in [0.15, 0.2) is 0 Å². The molecule has 1 saturated heterocycles. The summed E-state index contributed by atoms with van der Waals surface area (Å²) < 4.78 is 0. The Hall–Kier alpha value is -2.69. The summed E-state index contributed by atoms with van der Waals surface area (Å²) >= 11 is 0. The van der Waals surface area contributed by atoms with E-state index >= 15 is 0 Å². The standard InChI is InChI=1S/C15H24N4O7/c1-8(16)13(23)17-7-11(20)19-6-2-3-10(19)14(24)18-9(15(25)26)4-5-12(21)22/h8-10H,2-7,16H2,1H3,(H,17,23)(H,18,24)(H,21,22)(H,25,26). The number of aliphatic carboxylic acids is 2. The van der Waals surface area contributed by atoms with Gasteiger partial charge < -0.3 is 31.5 Å².